The topological polar surface area (TPSA) is 78.9 Å². The number of hydrogen-bond donors (Lipinski definition) is 1. The second-order valence-corrected chi connectivity index (χ2v) is 4.90. The zero-order valence-corrected chi connectivity index (χ0v) is 12.2. The molecule has 0 fully saturated rings. The number of benzene rings is 1. The summed E-state index contributed by atoms with van der Waals surface area (Å²) in [6.07, 6.45) is 3.30. The van der Waals surface area contributed by atoms with Crippen molar-refractivity contribution < 1.29 is 9.21 Å². The number of nitrogens with one attached hydrogen (secondary N) is 1. The lowest BCUT2D eigenvalue weighted by Crippen LogP contribution is -2.22. The predicted octanol–water partition coefficient (Wildman–Crippen LogP) is 3.14. The van der Waals surface area contributed by atoms with Crippen LogP contribution in [0.15, 0.2) is 65.4 Å². The maximum Gasteiger partial charge on any atom is 0.251 e. The Hall–Kier alpha value is -3.39. The lowest BCUT2D eigenvalue weighted by molar-refractivity contribution is 0.0951. The van der Waals surface area contributed by atoms with Crippen LogP contribution in [0.25, 0.3) is 11.5 Å². The van der Waals surface area contributed by atoms with Crippen molar-refractivity contribution in [1.29, 1.82) is 5.26 Å². The average Bonchev–Trinajstić information content (AvgIpc) is 3.15. The van der Waals surface area contributed by atoms with E-state index < -0.39 is 0 Å². The zero-order chi connectivity index (χ0) is 16.1. The molecule has 0 bridgehead atoms. The summed E-state index contributed by atoms with van der Waals surface area (Å²) in [5, 5.41) is 11.7. The molecule has 0 saturated carbocycles. The molecule has 0 unspecified atom stereocenters. The summed E-state index contributed by atoms with van der Waals surface area (Å²) < 4.78 is 5.28. The van der Waals surface area contributed by atoms with E-state index in [2.05, 4.69) is 10.3 Å². The fourth-order valence-electron chi connectivity index (χ4n) is 2.11. The van der Waals surface area contributed by atoms with Gasteiger partial charge in [0.25, 0.3) is 5.91 Å². The van der Waals surface area contributed by atoms with E-state index in [0.29, 0.717) is 23.4 Å². The first kappa shape index (κ1) is 14.5. The summed E-state index contributed by atoms with van der Waals surface area (Å²) in [4.78, 5) is 16.4. The van der Waals surface area contributed by atoms with E-state index in [-0.39, 0.29) is 5.91 Å². The highest BCUT2D eigenvalue weighted by Crippen LogP contribution is 2.17. The third kappa shape index (κ3) is 3.44. The number of aromatic nitrogens is 1. The van der Waals surface area contributed by atoms with Gasteiger partial charge in [-0.2, -0.15) is 5.26 Å². The molecule has 1 amide bonds. The van der Waals surface area contributed by atoms with Gasteiger partial charge in [0.05, 0.1) is 17.9 Å². The maximum atomic E-state index is 12.1. The Morgan fingerprint density at radius 3 is 2.83 bits per heavy atom. The van der Waals surface area contributed by atoms with E-state index in [0.717, 1.165) is 11.3 Å². The molecule has 5 heteroatoms. The van der Waals surface area contributed by atoms with Crippen LogP contribution in [0, 0.1) is 11.3 Å². The lowest BCUT2D eigenvalue weighted by Gasteiger charge is -2.06. The Kier molecular flexibility index (Phi) is 4.16. The van der Waals surface area contributed by atoms with E-state index in [4.69, 9.17) is 9.68 Å². The van der Waals surface area contributed by atoms with Gasteiger partial charge in [-0.25, -0.2) is 0 Å². The third-order valence-corrected chi connectivity index (χ3v) is 3.31. The number of nitriles is 1. The Labute approximate surface area is 133 Å². The normalized spacial score (nSPS) is 10.0. The van der Waals surface area contributed by atoms with Gasteiger partial charge in [-0.1, -0.05) is 12.1 Å². The largest absolute Gasteiger partial charge is 0.463 e. The number of amides is 1. The van der Waals surface area contributed by atoms with Crippen molar-refractivity contribution >= 4 is 5.91 Å². The minimum absolute atomic E-state index is 0.225. The summed E-state index contributed by atoms with van der Waals surface area (Å²) in [6, 6.07) is 16.0. The summed E-state index contributed by atoms with van der Waals surface area (Å²) >= 11 is 0. The second kappa shape index (κ2) is 6.58. The highest BCUT2D eigenvalue weighted by Gasteiger charge is 2.07. The molecule has 2 aromatic heterocycles. The van der Waals surface area contributed by atoms with Gasteiger partial charge in [0.1, 0.15) is 5.69 Å². The van der Waals surface area contributed by atoms with Crippen molar-refractivity contribution in [2.75, 3.05) is 0 Å². The first-order chi connectivity index (χ1) is 11.3. The quantitative estimate of drug-likeness (QED) is 0.803. The standard InChI is InChI=1S/C18H13N3O2/c19-10-13-3-1-4-15(9-13)18(22)21-12-14-6-7-16(20-11-14)17-5-2-8-23-17/h1-9,11H,12H2,(H,21,22). The van der Waals surface area contributed by atoms with Gasteiger partial charge in [0.2, 0.25) is 0 Å². The van der Waals surface area contributed by atoms with Crippen LogP contribution in [0.2, 0.25) is 0 Å². The fourth-order valence-corrected chi connectivity index (χ4v) is 2.11. The monoisotopic (exact) mass is 303 g/mol. The van der Waals surface area contributed by atoms with Crippen molar-refractivity contribution in [3.63, 3.8) is 0 Å². The summed E-state index contributed by atoms with van der Waals surface area (Å²) in [5.74, 6) is 0.478. The summed E-state index contributed by atoms with van der Waals surface area (Å²) in [6.45, 7) is 0.362. The molecule has 0 radical (unpaired) electrons. The molecular formula is C18H13N3O2. The third-order valence-electron chi connectivity index (χ3n) is 3.31. The SMILES string of the molecule is N#Cc1cccc(C(=O)NCc2ccc(-c3ccco3)nc2)c1. The Morgan fingerprint density at radius 1 is 1.22 bits per heavy atom. The van der Waals surface area contributed by atoms with Gasteiger partial charge >= 0.3 is 0 Å². The van der Waals surface area contributed by atoms with Crippen LogP contribution in [0.1, 0.15) is 21.5 Å². The summed E-state index contributed by atoms with van der Waals surface area (Å²) in [7, 11) is 0. The molecule has 1 aromatic carbocycles. The molecular weight excluding hydrogens is 290 g/mol. The lowest BCUT2D eigenvalue weighted by atomic mass is 10.1. The number of hydrogen-bond acceptors (Lipinski definition) is 4. The molecule has 0 aliphatic rings. The number of carbonyl (C=O) groups excluding carboxylic acids is 1. The highest BCUT2D eigenvalue weighted by atomic mass is 16.3. The molecule has 0 aliphatic heterocycles. The van der Waals surface area contributed by atoms with Crippen molar-refractivity contribution in [3.8, 4) is 17.5 Å². The van der Waals surface area contributed by atoms with Crippen LogP contribution in [-0.4, -0.2) is 10.9 Å². The molecule has 3 rings (SSSR count). The molecule has 0 aliphatic carbocycles. The Morgan fingerprint density at radius 2 is 2.13 bits per heavy atom. The van der Waals surface area contributed by atoms with E-state index in [1.54, 1.807) is 42.8 Å². The zero-order valence-electron chi connectivity index (χ0n) is 12.2. The first-order valence-electron chi connectivity index (χ1n) is 7.03. The van der Waals surface area contributed by atoms with Crippen LogP contribution in [0.4, 0.5) is 0 Å². The summed E-state index contributed by atoms with van der Waals surface area (Å²) in [5.41, 5.74) is 2.54. The van der Waals surface area contributed by atoms with E-state index in [1.165, 1.54) is 0 Å². The Bertz CT molecular complexity index is 847. The number of rotatable bonds is 4. The highest BCUT2D eigenvalue weighted by molar-refractivity contribution is 5.94. The molecule has 0 atom stereocenters. The van der Waals surface area contributed by atoms with E-state index in [1.807, 2.05) is 24.3 Å². The smallest absolute Gasteiger partial charge is 0.251 e. The molecule has 5 nitrogen and oxygen atoms in total. The van der Waals surface area contributed by atoms with Gasteiger partial charge in [0, 0.05) is 18.3 Å². The number of carbonyl (C=O) groups is 1. The molecule has 0 spiro atoms. The van der Waals surface area contributed by atoms with Gasteiger partial charge < -0.3 is 9.73 Å². The van der Waals surface area contributed by atoms with Crippen molar-refractivity contribution in [2.24, 2.45) is 0 Å². The van der Waals surface area contributed by atoms with Crippen molar-refractivity contribution in [1.82, 2.24) is 10.3 Å². The first-order valence-corrected chi connectivity index (χ1v) is 7.03. The molecule has 3 aromatic rings. The van der Waals surface area contributed by atoms with Gasteiger partial charge in [-0.15, -0.1) is 0 Å². The van der Waals surface area contributed by atoms with Crippen molar-refractivity contribution in [3.05, 3.63) is 77.7 Å². The minimum Gasteiger partial charge on any atom is -0.463 e. The van der Waals surface area contributed by atoms with Crippen molar-refractivity contribution in [2.45, 2.75) is 6.54 Å². The predicted molar refractivity (Wildman–Crippen MR) is 84.3 cm³/mol. The van der Waals surface area contributed by atoms with Gasteiger partial charge in [0.15, 0.2) is 5.76 Å². The maximum absolute atomic E-state index is 12.1. The van der Waals surface area contributed by atoms with Crippen LogP contribution in [-0.2, 0) is 6.54 Å². The second-order valence-electron chi connectivity index (χ2n) is 4.90. The van der Waals surface area contributed by atoms with Crippen LogP contribution in [0.5, 0.6) is 0 Å². The average molecular weight is 303 g/mol. The van der Waals surface area contributed by atoms with Crippen LogP contribution >= 0.6 is 0 Å². The Balaban J connectivity index is 1.64. The number of furan rings is 1. The fraction of sp³-hybridized carbons (Fsp3) is 0.0556. The molecule has 0 saturated heterocycles. The van der Waals surface area contributed by atoms with Crippen LogP contribution in [0.3, 0.4) is 0 Å². The molecule has 23 heavy (non-hydrogen) atoms. The minimum atomic E-state index is -0.225. The van der Waals surface area contributed by atoms with Gasteiger partial charge in [-0.05, 0) is 42.0 Å². The van der Waals surface area contributed by atoms with Crippen LogP contribution < -0.4 is 5.32 Å². The van der Waals surface area contributed by atoms with E-state index in [9.17, 15) is 4.79 Å². The van der Waals surface area contributed by atoms with Gasteiger partial charge in [-0.3, -0.25) is 9.78 Å². The molecule has 2 heterocycles. The molecule has 112 valence electrons. The number of pyridine rings is 1. The van der Waals surface area contributed by atoms with E-state index >= 15 is 0 Å². The molecule has 1 N–H and O–H groups in total. The number of nitrogens with zero attached hydrogens (tertiary/aromatic N) is 2.